The van der Waals surface area contributed by atoms with Crippen LogP contribution in [0.1, 0.15) is 38.2 Å². The maximum atomic E-state index is 9.36. The molecule has 7 nitrogen and oxygen atoms in total. The zero-order valence-electron chi connectivity index (χ0n) is 14.2. The number of nitrogen functional groups attached to an aromatic ring is 2. The number of anilines is 2. The summed E-state index contributed by atoms with van der Waals surface area (Å²) < 4.78 is 11.8. The van der Waals surface area contributed by atoms with E-state index >= 15 is 0 Å². The number of hydrogen-bond acceptors (Lipinski definition) is 7. The zero-order valence-corrected chi connectivity index (χ0v) is 14.2. The number of rotatable bonds is 5. The van der Waals surface area contributed by atoms with Gasteiger partial charge in [0.25, 0.3) is 0 Å². The normalized spacial score (nSPS) is 14.2. The third-order valence-electron chi connectivity index (χ3n) is 4.18. The molecule has 7 heteroatoms. The van der Waals surface area contributed by atoms with Gasteiger partial charge in [0.1, 0.15) is 17.5 Å². The highest BCUT2D eigenvalue weighted by molar-refractivity contribution is 5.74. The molecule has 2 aromatic rings. The highest BCUT2D eigenvalue weighted by Gasteiger charge is 2.20. The molecule has 25 heavy (non-hydrogen) atoms. The molecule has 1 heterocycles. The first-order valence-corrected chi connectivity index (χ1v) is 8.39. The average Bonchev–Trinajstić information content (AvgIpc) is 3.09. The van der Waals surface area contributed by atoms with Gasteiger partial charge in [-0.15, -0.1) is 0 Å². The first-order valence-electron chi connectivity index (χ1n) is 8.39. The molecule has 1 aromatic carbocycles. The van der Waals surface area contributed by atoms with Crippen molar-refractivity contribution in [2.24, 2.45) is 0 Å². The Bertz CT molecular complexity index is 810. The van der Waals surface area contributed by atoms with Gasteiger partial charge >= 0.3 is 0 Å². The van der Waals surface area contributed by atoms with Gasteiger partial charge in [-0.25, -0.2) is 4.98 Å². The van der Waals surface area contributed by atoms with Gasteiger partial charge in [-0.2, -0.15) is 10.2 Å². The van der Waals surface area contributed by atoms with Crippen molar-refractivity contribution in [1.82, 2.24) is 9.97 Å². The molecule has 1 aliphatic carbocycles. The van der Waals surface area contributed by atoms with E-state index in [-0.39, 0.29) is 23.4 Å². The van der Waals surface area contributed by atoms with Gasteiger partial charge in [0.2, 0.25) is 5.95 Å². The van der Waals surface area contributed by atoms with Crippen LogP contribution in [0.4, 0.5) is 11.8 Å². The summed E-state index contributed by atoms with van der Waals surface area (Å²) in [5.41, 5.74) is 12.7. The van der Waals surface area contributed by atoms with Crippen molar-refractivity contribution >= 4 is 11.8 Å². The maximum absolute atomic E-state index is 9.36. The predicted molar refractivity (Wildman–Crippen MR) is 95.1 cm³/mol. The van der Waals surface area contributed by atoms with Crippen molar-refractivity contribution in [3.63, 3.8) is 0 Å². The molecule has 4 N–H and O–H groups in total. The van der Waals surface area contributed by atoms with E-state index in [0.717, 1.165) is 12.8 Å². The first-order chi connectivity index (χ1) is 12.1. The molecule has 0 amide bonds. The van der Waals surface area contributed by atoms with Crippen LogP contribution in [0, 0.1) is 11.3 Å². The smallest absolute Gasteiger partial charge is 0.222 e. The van der Waals surface area contributed by atoms with E-state index in [1.54, 1.807) is 6.07 Å². The fourth-order valence-corrected chi connectivity index (χ4v) is 3.02. The Morgan fingerprint density at radius 3 is 2.64 bits per heavy atom. The lowest BCUT2D eigenvalue weighted by Gasteiger charge is -2.17. The van der Waals surface area contributed by atoms with Crippen LogP contribution in [0.5, 0.6) is 11.5 Å². The number of ether oxygens (including phenoxy) is 2. The van der Waals surface area contributed by atoms with Crippen LogP contribution in [0.15, 0.2) is 18.2 Å². The molecule has 0 bridgehead atoms. The van der Waals surface area contributed by atoms with Gasteiger partial charge in [0, 0.05) is 5.56 Å². The van der Waals surface area contributed by atoms with E-state index in [1.165, 1.54) is 12.8 Å². The second-order valence-electron chi connectivity index (χ2n) is 5.92. The summed E-state index contributed by atoms with van der Waals surface area (Å²) in [6.45, 7) is 2.41. The van der Waals surface area contributed by atoms with Crippen molar-refractivity contribution in [2.75, 3.05) is 18.1 Å². The van der Waals surface area contributed by atoms with Crippen molar-refractivity contribution < 1.29 is 9.47 Å². The van der Waals surface area contributed by atoms with Gasteiger partial charge in [-0.1, -0.05) is 0 Å². The van der Waals surface area contributed by atoms with Gasteiger partial charge in [0.05, 0.1) is 18.4 Å². The van der Waals surface area contributed by atoms with Gasteiger partial charge in [0.15, 0.2) is 11.5 Å². The average molecular weight is 339 g/mol. The molecule has 0 aliphatic heterocycles. The van der Waals surface area contributed by atoms with Crippen molar-refractivity contribution in [1.29, 1.82) is 5.26 Å². The molecule has 0 spiro atoms. The topological polar surface area (TPSA) is 120 Å². The van der Waals surface area contributed by atoms with E-state index in [1.807, 2.05) is 25.1 Å². The molecule has 1 aliphatic rings. The predicted octanol–water partition coefficient (Wildman–Crippen LogP) is 2.90. The molecule has 0 unspecified atom stereocenters. The quantitative estimate of drug-likeness (QED) is 0.859. The van der Waals surface area contributed by atoms with E-state index in [9.17, 15) is 5.26 Å². The Labute approximate surface area is 146 Å². The molecule has 3 rings (SSSR count). The number of benzene rings is 1. The lowest BCUT2D eigenvalue weighted by atomic mass is 10.1. The second-order valence-corrected chi connectivity index (χ2v) is 5.92. The summed E-state index contributed by atoms with van der Waals surface area (Å²) >= 11 is 0. The lowest BCUT2D eigenvalue weighted by Crippen LogP contribution is -2.12. The van der Waals surface area contributed by atoms with Crippen LogP contribution in [0.25, 0.3) is 11.3 Å². The SMILES string of the molecule is CCOc1cc(-c2nc(N)nc(N)c2C#N)ccc1OC1CCCC1. The molecule has 0 saturated heterocycles. The summed E-state index contributed by atoms with van der Waals surface area (Å²) in [7, 11) is 0. The standard InChI is InChI=1S/C18H21N5O2/c1-2-24-15-9-11(7-8-14(15)25-12-5-3-4-6-12)16-13(10-19)17(20)23-18(21)22-16/h7-9,12H,2-6H2,1H3,(H4,20,21,22,23). The van der Waals surface area contributed by atoms with Gasteiger partial charge in [-0.05, 0) is 50.8 Å². The molecule has 130 valence electrons. The Balaban J connectivity index is 2.01. The van der Waals surface area contributed by atoms with Crippen LogP contribution >= 0.6 is 0 Å². The van der Waals surface area contributed by atoms with Crippen LogP contribution in [-0.2, 0) is 0 Å². The summed E-state index contributed by atoms with van der Waals surface area (Å²) in [4.78, 5) is 8.02. The lowest BCUT2D eigenvalue weighted by molar-refractivity contribution is 0.197. The molecular formula is C18H21N5O2. The third-order valence-corrected chi connectivity index (χ3v) is 4.18. The zero-order chi connectivity index (χ0) is 17.8. The van der Waals surface area contributed by atoms with Crippen molar-refractivity contribution in [3.8, 4) is 28.8 Å². The van der Waals surface area contributed by atoms with Gasteiger partial charge in [-0.3, -0.25) is 0 Å². The summed E-state index contributed by atoms with van der Waals surface area (Å²) in [5.74, 6) is 1.41. The minimum absolute atomic E-state index is 0.0238. The largest absolute Gasteiger partial charge is 0.490 e. The van der Waals surface area contributed by atoms with Crippen molar-refractivity contribution in [2.45, 2.75) is 38.7 Å². The highest BCUT2D eigenvalue weighted by atomic mass is 16.5. The van der Waals surface area contributed by atoms with Crippen LogP contribution in [0.3, 0.4) is 0 Å². The first kappa shape index (κ1) is 16.8. The second kappa shape index (κ2) is 7.26. The maximum Gasteiger partial charge on any atom is 0.222 e. The number of aromatic nitrogens is 2. The number of nitrogens with zero attached hydrogens (tertiary/aromatic N) is 3. The van der Waals surface area contributed by atoms with E-state index in [4.69, 9.17) is 20.9 Å². The molecule has 0 atom stereocenters. The summed E-state index contributed by atoms with van der Waals surface area (Å²) in [6, 6.07) is 7.51. The Morgan fingerprint density at radius 2 is 1.96 bits per heavy atom. The van der Waals surface area contributed by atoms with Gasteiger partial charge < -0.3 is 20.9 Å². The number of hydrogen-bond donors (Lipinski definition) is 2. The fraction of sp³-hybridized carbons (Fsp3) is 0.389. The minimum Gasteiger partial charge on any atom is -0.490 e. The molecule has 0 radical (unpaired) electrons. The Hall–Kier alpha value is -3.01. The molecule has 1 fully saturated rings. The number of nitriles is 1. The van der Waals surface area contributed by atoms with Crippen LogP contribution in [-0.4, -0.2) is 22.7 Å². The van der Waals surface area contributed by atoms with Crippen molar-refractivity contribution in [3.05, 3.63) is 23.8 Å². The molecular weight excluding hydrogens is 318 g/mol. The van der Waals surface area contributed by atoms with E-state index in [2.05, 4.69) is 9.97 Å². The number of nitrogens with two attached hydrogens (primary N) is 2. The third kappa shape index (κ3) is 3.58. The Morgan fingerprint density at radius 1 is 1.20 bits per heavy atom. The monoisotopic (exact) mass is 339 g/mol. The summed E-state index contributed by atoms with van der Waals surface area (Å²) in [6.07, 6.45) is 4.73. The summed E-state index contributed by atoms with van der Waals surface area (Å²) in [5, 5.41) is 9.36. The van der Waals surface area contributed by atoms with E-state index in [0.29, 0.717) is 29.4 Å². The highest BCUT2D eigenvalue weighted by Crippen LogP contribution is 2.36. The fourth-order valence-electron chi connectivity index (χ4n) is 3.02. The molecule has 1 aromatic heterocycles. The van der Waals surface area contributed by atoms with Crippen LogP contribution in [0.2, 0.25) is 0 Å². The van der Waals surface area contributed by atoms with Crippen LogP contribution < -0.4 is 20.9 Å². The minimum atomic E-state index is 0.0238. The Kier molecular flexibility index (Phi) is 4.89. The van der Waals surface area contributed by atoms with E-state index < -0.39 is 0 Å². The molecule has 1 saturated carbocycles.